The quantitative estimate of drug-likeness (QED) is 0.0798. The van der Waals surface area contributed by atoms with Crippen molar-refractivity contribution in [3.8, 4) is 0 Å². The number of hydrogen-bond donors (Lipinski definition) is 10. The Morgan fingerprint density at radius 2 is 0.471 bits per heavy atom. The van der Waals surface area contributed by atoms with E-state index in [4.69, 9.17) is 50.5 Å². The fourth-order valence-electron chi connectivity index (χ4n) is 13.5. The van der Waals surface area contributed by atoms with Gasteiger partial charge in [0, 0.05) is 110 Å². The Morgan fingerprint density at radius 3 is 0.814 bits per heavy atom. The van der Waals surface area contributed by atoms with Gasteiger partial charge in [-0.3, -0.25) is 0 Å². The van der Waals surface area contributed by atoms with E-state index in [0.29, 0.717) is 0 Å². The molecule has 12 aromatic rings. The lowest BCUT2D eigenvalue weighted by Gasteiger charge is -2.39. The molecule has 0 bridgehead atoms. The molecule has 16 rings (SSSR count). The minimum absolute atomic E-state index is 0.167. The maximum absolute atomic E-state index is 4.75. The van der Waals surface area contributed by atoms with Crippen molar-refractivity contribution < 1.29 is 0 Å². The van der Waals surface area contributed by atoms with E-state index in [-0.39, 0.29) is 21.7 Å². The van der Waals surface area contributed by atoms with Crippen molar-refractivity contribution in [2.75, 3.05) is 0 Å². The highest BCUT2D eigenvalue weighted by Gasteiger charge is 2.44. The van der Waals surface area contributed by atoms with Crippen LogP contribution in [0.2, 0.25) is 0 Å². The Labute approximate surface area is 680 Å². The second kappa shape index (κ2) is 36.4. The van der Waals surface area contributed by atoms with E-state index in [2.05, 4.69) is 340 Å². The number of thiol groups is 10. The van der Waals surface area contributed by atoms with Gasteiger partial charge in [-0.1, -0.05) is 272 Å². The maximum Gasteiger partial charge on any atom is 0.0446 e. The molecule has 0 amide bonds. The smallest absolute Gasteiger partial charge is 0.0446 e. The first kappa shape index (κ1) is 81.6. The predicted octanol–water partition coefficient (Wildman–Crippen LogP) is 29.0. The summed E-state index contributed by atoms with van der Waals surface area (Å²) < 4.78 is 0. The first-order valence-electron chi connectivity index (χ1n) is 34.3. The Balaban J connectivity index is 0.000000153. The molecular weight excluding hydrogens is 1510 g/mol. The summed E-state index contributed by atoms with van der Waals surface area (Å²) >= 11 is 53.4. The van der Waals surface area contributed by atoms with Crippen LogP contribution in [0, 0.1) is 0 Å². The molecule has 0 spiro atoms. The molecule has 0 fully saturated rings. The molecule has 0 nitrogen and oxygen atoms in total. The summed E-state index contributed by atoms with van der Waals surface area (Å²) in [4.78, 5) is 19.5. The van der Waals surface area contributed by atoms with E-state index in [9.17, 15) is 0 Å². The Morgan fingerprint density at radius 1 is 0.206 bits per heavy atom. The van der Waals surface area contributed by atoms with Crippen LogP contribution < -0.4 is 0 Å². The number of fused-ring (bicyclic) bond motifs is 8. The highest BCUT2D eigenvalue weighted by atomic mass is 32.2. The molecule has 524 valence electrons. The van der Waals surface area contributed by atoms with Gasteiger partial charge in [-0.2, -0.15) is 0 Å². The van der Waals surface area contributed by atoms with E-state index >= 15 is 0 Å². The standard InChI is InChI=1S/C20H16S5.3C20H16S3.4C2H6/c1-20(11-5-3-2-4-6-11)12-7-9-14(21)16(23)18(12)25-19-13(20)8-10-15(22)17(19)24;1-20(13-7-3-2-4-8-13)14-9-5-11-16(21)18(14)23-19-15(20)10-6-12-17(19)22;1-20(13-5-3-2-4-6-13)16-11-14(21)7-9-18(16)23-19-10-8-15(22)12-17(19)20;1-20(13-5-3-2-4-6-13)16-9-7-14(21)11-18(16)23-19-12-15(22)8-10-17(19)20;4*1-2/h2-10,21-24H,1H3;3*2-12,21-22H,1H3;4*1-2H3. The zero-order valence-electron chi connectivity index (χ0n) is 59.4. The van der Waals surface area contributed by atoms with E-state index < -0.39 is 0 Å². The van der Waals surface area contributed by atoms with Gasteiger partial charge < -0.3 is 0 Å². The van der Waals surface area contributed by atoms with Crippen LogP contribution in [0.1, 0.15) is 150 Å². The van der Waals surface area contributed by atoms with E-state index in [1.807, 2.05) is 97.1 Å². The van der Waals surface area contributed by atoms with E-state index in [1.54, 1.807) is 23.5 Å². The monoisotopic (exact) mass is 1590 g/mol. The zero-order chi connectivity index (χ0) is 73.8. The first-order chi connectivity index (χ1) is 49.2. The van der Waals surface area contributed by atoms with Crippen LogP contribution in [0.5, 0.6) is 0 Å². The van der Waals surface area contributed by atoms with Crippen LogP contribution in [0.4, 0.5) is 0 Å². The van der Waals surface area contributed by atoms with Gasteiger partial charge in [0.25, 0.3) is 0 Å². The molecule has 14 heteroatoms. The van der Waals surface area contributed by atoms with Gasteiger partial charge >= 0.3 is 0 Å². The highest BCUT2D eigenvalue weighted by molar-refractivity contribution is 8.01. The van der Waals surface area contributed by atoms with Gasteiger partial charge in [-0.25, -0.2) is 0 Å². The van der Waals surface area contributed by atoms with Crippen LogP contribution in [0.15, 0.2) is 343 Å². The van der Waals surface area contributed by atoms with Gasteiger partial charge in [0.1, 0.15) is 0 Å². The second-order valence-electron chi connectivity index (χ2n) is 24.0. The topological polar surface area (TPSA) is 0 Å². The van der Waals surface area contributed by atoms with Crippen LogP contribution >= 0.6 is 173 Å². The molecule has 4 aliphatic rings. The van der Waals surface area contributed by atoms with Crippen molar-refractivity contribution >= 4 is 173 Å². The van der Waals surface area contributed by atoms with Crippen molar-refractivity contribution in [2.45, 2.75) is 193 Å². The maximum atomic E-state index is 4.75. The SMILES string of the molecule is CC.CC.CC.CC.CC1(c2ccccc2)c2cc(S)ccc2Sc2ccc(S)cc21.CC1(c2ccccc2)c2ccc(S)c(S)c2Sc2c1ccc(S)c2S.CC1(c2ccccc2)c2ccc(S)cc2Sc2cc(S)ccc21.CC1(c2ccccc2)c2cccc(S)c2Sc2c(S)cccc21. The molecule has 0 N–H and O–H groups in total. The number of benzene rings is 12. The fourth-order valence-corrected chi connectivity index (χ4v) is 21.7. The average Bonchev–Trinajstić information content (AvgIpc) is 0.750. The zero-order valence-corrected chi connectivity index (χ0v) is 71.6. The Bertz CT molecular complexity index is 4600. The molecule has 4 heterocycles. The molecule has 0 unspecified atom stereocenters. The van der Waals surface area contributed by atoms with Crippen molar-refractivity contribution in [3.05, 3.63) is 322 Å². The third kappa shape index (κ3) is 16.2. The van der Waals surface area contributed by atoms with Crippen molar-refractivity contribution in [2.24, 2.45) is 0 Å². The van der Waals surface area contributed by atoms with Crippen molar-refractivity contribution in [1.29, 1.82) is 0 Å². The molecule has 102 heavy (non-hydrogen) atoms. The van der Waals surface area contributed by atoms with Gasteiger partial charge in [0.05, 0.1) is 0 Å². The normalized spacial score (nSPS) is 13.9. The summed E-state index contributed by atoms with van der Waals surface area (Å²) in [5.41, 5.74) is 14.7. The Kier molecular flexibility index (Phi) is 29.1. The van der Waals surface area contributed by atoms with Crippen LogP contribution in [0.3, 0.4) is 0 Å². The van der Waals surface area contributed by atoms with Crippen LogP contribution in [-0.4, -0.2) is 0 Å². The summed E-state index contributed by atoms with van der Waals surface area (Å²) in [6.07, 6.45) is 0. The first-order valence-corrected chi connectivity index (χ1v) is 42.0. The molecule has 4 aliphatic heterocycles. The summed E-state index contributed by atoms with van der Waals surface area (Å²) in [5, 5.41) is 0. The summed E-state index contributed by atoms with van der Waals surface area (Å²) in [7, 11) is 0. The third-order valence-electron chi connectivity index (χ3n) is 18.6. The highest BCUT2D eigenvalue weighted by Crippen LogP contribution is 2.59. The average molecular weight is 1590 g/mol. The minimum atomic E-state index is -0.283. The predicted molar refractivity (Wildman–Crippen MR) is 474 cm³/mol. The van der Waals surface area contributed by atoms with Crippen LogP contribution in [0.25, 0.3) is 0 Å². The molecular formula is C88H88S14. The lowest BCUT2D eigenvalue weighted by Crippen LogP contribution is -2.29. The Hall–Kier alpha value is -4.46. The van der Waals surface area contributed by atoms with E-state index in [0.717, 1.165) is 58.7 Å². The van der Waals surface area contributed by atoms with Gasteiger partial charge in [-0.15, -0.1) is 126 Å². The minimum Gasteiger partial charge on any atom is -0.143 e. The molecule has 0 saturated carbocycles. The van der Waals surface area contributed by atoms with Gasteiger partial charge in [0.15, 0.2) is 0 Å². The van der Waals surface area contributed by atoms with E-state index in [1.165, 1.54) is 96.1 Å². The molecule has 0 atom stereocenters. The van der Waals surface area contributed by atoms with Gasteiger partial charge in [-0.05, 0) is 179 Å². The summed E-state index contributed by atoms with van der Waals surface area (Å²) in [5.74, 6) is 0. The summed E-state index contributed by atoms with van der Waals surface area (Å²) in [6, 6.07) is 89.7. The third-order valence-corrected chi connectivity index (χ3v) is 27.9. The lowest BCUT2D eigenvalue weighted by atomic mass is 9.70. The molecule has 12 aromatic carbocycles. The largest absolute Gasteiger partial charge is 0.143 e. The van der Waals surface area contributed by atoms with Crippen molar-refractivity contribution in [1.82, 2.24) is 0 Å². The lowest BCUT2D eigenvalue weighted by molar-refractivity contribution is 0.638. The fraction of sp³-hybridized carbons (Fsp3) is 0.182. The van der Waals surface area contributed by atoms with Crippen LogP contribution in [-0.2, 0) is 21.7 Å². The number of hydrogen-bond acceptors (Lipinski definition) is 14. The van der Waals surface area contributed by atoms with Gasteiger partial charge in [0.2, 0.25) is 0 Å². The summed E-state index contributed by atoms with van der Waals surface area (Å²) in [6.45, 7) is 25.2. The number of rotatable bonds is 4. The van der Waals surface area contributed by atoms with Crippen molar-refractivity contribution in [3.63, 3.8) is 0 Å². The molecule has 0 saturated heterocycles. The molecule has 0 radical (unpaired) electrons. The molecule has 0 aliphatic carbocycles. The molecule has 0 aromatic heterocycles. The second-order valence-corrected chi connectivity index (χ2v) is 33.1.